The Morgan fingerprint density at radius 1 is 1.30 bits per heavy atom. The number of methoxy groups -OCH3 is 1. The zero-order valence-electron chi connectivity index (χ0n) is 15.6. The number of aliphatic imine (C=N–C) groups is 1. The number of halogens is 3. The van der Waals surface area contributed by atoms with Crippen LogP contribution in [0.2, 0.25) is 0 Å². The molecule has 0 saturated heterocycles. The Morgan fingerprint density at radius 3 is 2.63 bits per heavy atom. The first-order valence-electron chi connectivity index (χ1n) is 8.33. The number of ether oxygens (including phenoxy) is 1. The first-order valence-corrected chi connectivity index (χ1v) is 8.33. The van der Waals surface area contributed by atoms with Gasteiger partial charge in [0.25, 0.3) is 0 Å². The molecule has 0 spiro atoms. The summed E-state index contributed by atoms with van der Waals surface area (Å²) in [6.07, 6.45) is -3.74. The maximum Gasteiger partial charge on any atom is 0.433 e. The average Bonchev–Trinajstić information content (AvgIpc) is 3.15. The molecular weight excluding hydrogens is 406 g/mol. The second kappa shape index (κ2) is 8.05. The van der Waals surface area contributed by atoms with Gasteiger partial charge >= 0.3 is 20.2 Å². The fraction of sp³-hybridized carbons (Fsp3) is 0.222. The summed E-state index contributed by atoms with van der Waals surface area (Å²) < 4.78 is 54.0. The van der Waals surface area contributed by atoms with E-state index < -0.39 is 29.6 Å². The molecule has 1 N–H and O–H groups in total. The quantitative estimate of drug-likeness (QED) is 0.368. The highest BCUT2D eigenvalue weighted by Crippen LogP contribution is 2.37. The first kappa shape index (κ1) is 21.2. The summed E-state index contributed by atoms with van der Waals surface area (Å²) in [5.74, 6) is -1.90. The van der Waals surface area contributed by atoms with Crippen LogP contribution in [0, 0.1) is 0 Å². The molecule has 1 aromatic carbocycles. The van der Waals surface area contributed by atoms with Crippen LogP contribution in [0.25, 0.3) is 22.4 Å². The van der Waals surface area contributed by atoms with E-state index in [-0.39, 0.29) is 33.8 Å². The molecule has 0 saturated carbocycles. The highest BCUT2D eigenvalue weighted by atomic mass is 19.4. The van der Waals surface area contributed by atoms with Gasteiger partial charge in [0, 0.05) is 10.9 Å². The number of aromatic carboxylic acids is 1. The van der Waals surface area contributed by atoms with E-state index in [0.29, 0.717) is 0 Å². The largest absolute Gasteiger partial charge is 0.560 e. The van der Waals surface area contributed by atoms with E-state index >= 15 is 0 Å². The molecule has 2 heterocycles. The SMILES string of the molecule is [B]OC=NC(C)c1nc(-c2ccc(OC)c3nc(C(F)(F)F)ccc23)oc1C(=O)O. The smallest absolute Gasteiger partial charge is 0.433 e. The van der Waals surface area contributed by atoms with Crippen molar-refractivity contribution in [3.8, 4) is 17.2 Å². The summed E-state index contributed by atoms with van der Waals surface area (Å²) >= 11 is 0. The number of carboxylic acids is 1. The number of benzene rings is 1. The topological polar surface area (TPSA) is 107 Å². The van der Waals surface area contributed by atoms with Crippen molar-refractivity contribution >= 4 is 31.3 Å². The van der Waals surface area contributed by atoms with E-state index in [1.54, 1.807) is 0 Å². The molecule has 0 aliphatic rings. The predicted molar refractivity (Wildman–Crippen MR) is 99.5 cm³/mol. The summed E-state index contributed by atoms with van der Waals surface area (Å²) in [7, 11) is 6.17. The van der Waals surface area contributed by atoms with Crippen LogP contribution in [-0.2, 0) is 10.8 Å². The summed E-state index contributed by atoms with van der Waals surface area (Å²) in [6, 6.07) is 4.08. The summed E-state index contributed by atoms with van der Waals surface area (Å²) in [4.78, 5) is 23.3. The number of fused-ring (bicyclic) bond motifs is 1. The number of carboxylic acid groups (broad SMARTS) is 1. The molecule has 8 nitrogen and oxygen atoms in total. The van der Waals surface area contributed by atoms with Gasteiger partial charge in [-0.15, -0.1) is 0 Å². The van der Waals surface area contributed by atoms with Gasteiger partial charge in [-0.1, -0.05) is 0 Å². The Kier molecular flexibility index (Phi) is 5.68. The monoisotopic (exact) mass is 419 g/mol. The number of hydrogen-bond acceptors (Lipinski definition) is 7. The first-order chi connectivity index (χ1) is 14.2. The number of pyridine rings is 1. The predicted octanol–water partition coefficient (Wildman–Crippen LogP) is 3.80. The lowest BCUT2D eigenvalue weighted by Crippen LogP contribution is -2.08. The van der Waals surface area contributed by atoms with Crippen molar-refractivity contribution in [3.05, 3.63) is 41.4 Å². The van der Waals surface area contributed by atoms with Crippen LogP contribution in [0.1, 0.15) is 34.9 Å². The lowest BCUT2D eigenvalue weighted by molar-refractivity contribution is -0.140. The standard InChI is InChI=1S/C18H13BF3N3O5/c1-8(23-7-29-19)13-15(17(26)27)30-16(25-13)10-3-5-11(28-2)14-9(10)4-6-12(24-14)18(20,21)22/h3-8H,1-2H3,(H,26,27). The molecule has 0 aliphatic carbocycles. The molecule has 12 heteroatoms. The van der Waals surface area contributed by atoms with Crippen LogP contribution in [-0.4, -0.2) is 42.6 Å². The van der Waals surface area contributed by atoms with Crippen molar-refractivity contribution in [2.75, 3.05) is 7.11 Å². The minimum absolute atomic E-state index is 0.0189. The maximum absolute atomic E-state index is 13.1. The Hall–Kier alpha value is -3.57. The number of carbonyl (C=O) groups is 1. The number of aromatic nitrogens is 2. The fourth-order valence-corrected chi connectivity index (χ4v) is 2.78. The number of oxazole rings is 1. The van der Waals surface area contributed by atoms with Crippen LogP contribution < -0.4 is 4.74 Å². The van der Waals surface area contributed by atoms with Crippen molar-refractivity contribution in [1.82, 2.24) is 9.97 Å². The summed E-state index contributed by atoms with van der Waals surface area (Å²) in [6.45, 7) is 1.53. The normalized spacial score (nSPS) is 13.0. The van der Waals surface area contributed by atoms with Crippen molar-refractivity contribution in [2.45, 2.75) is 19.1 Å². The van der Waals surface area contributed by atoms with E-state index in [0.717, 1.165) is 12.5 Å². The van der Waals surface area contributed by atoms with Crippen LogP contribution >= 0.6 is 0 Å². The summed E-state index contributed by atoms with van der Waals surface area (Å²) in [5, 5.41) is 9.65. The molecule has 154 valence electrons. The zero-order valence-corrected chi connectivity index (χ0v) is 15.6. The van der Waals surface area contributed by atoms with Gasteiger partial charge in [0.05, 0.1) is 13.2 Å². The zero-order chi connectivity index (χ0) is 22.1. The van der Waals surface area contributed by atoms with Crippen molar-refractivity contribution in [2.24, 2.45) is 4.99 Å². The third-order valence-corrected chi connectivity index (χ3v) is 4.15. The van der Waals surface area contributed by atoms with Crippen molar-refractivity contribution in [3.63, 3.8) is 0 Å². The fourth-order valence-electron chi connectivity index (χ4n) is 2.78. The van der Waals surface area contributed by atoms with E-state index in [1.807, 2.05) is 0 Å². The molecule has 2 radical (unpaired) electrons. The van der Waals surface area contributed by atoms with Crippen molar-refractivity contribution in [1.29, 1.82) is 0 Å². The molecule has 0 aliphatic heterocycles. The Bertz CT molecular complexity index is 1130. The molecule has 2 aromatic heterocycles. The Balaban J connectivity index is 2.22. The van der Waals surface area contributed by atoms with Crippen LogP contribution in [0.4, 0.5) is 13.2 Å². The van der Waals surface area contributed by atoms with Crippen LogP contribution in [0.15, 0.2) is 33.7 Å². The van der Waals surface area contributed by atoms with E-state index in [4.69, 9.17) is 17.2 Å². The average molecular weight is 419 g/mol. The third kappa shape index (κ3) is 3.93. The van der Waals surface area contributed by atoms with Gasteiger partial charge in [0.2, 0.25) is 11.7 Å². The second-order valence-corrected chi connectivity index (χ2v) is 6.01. The third-order valence-electron chi connectivity index (χ3n) is 4.15. The minimum Gasteiger partial charge on any atom is -0.560 e. The lowest BCUT2D eigenvalue weighted by atomic mass is 10.1. The Labute approximate surface area is 168 Å². The van der Waals surface area contributed by atoms with Gasteiger partial charge in [0.15, 0.2) is 6.40 Å². The molecule has 3 aromatic rings. The van der Waals surface area contributed by atoms with Gasteiger partial charge in [-0.2, -0.15) is 13.2 Å². The number of hydrogen-bond donors (Lipinski definition) is 1. The van der Waals surface area contributed by atoms with E-state index in [2.05, 4.69) is 19.6 Å². The minimum atomic E-state index is -4.65. The maximum atomic E-state index is 13.1. The van der Waals surface area contributed by atoms with Crippen molar-refractivity contribution < 1.29 is 36.9 Å². The number of rotatable bonds is 6. The van der Waals surface area contributed by atoms with Gasteiger partial charge in [-0.3, -0.25) is 4.99 Å². The van der Waals surface area contributed by atoms with E-state index in [1.165, 1.54) is 32.2 Å². The molecule has 1 atom stereocenters. The van der Waals surface area contributed by atoms with Gasteiger partial charge in [-0.05, 0) is 31.2 Å². The van der Waals surface area contributed by atoms with Crippen LogP contribution in [0.5, 0.6) is 5.75 Å². The molecule has 0 fully saturated rings. The highest BCUT2D eigenvalue weighted by Gasteiger charge is 2.33. The number of alkyl halides is 3. The molecule has 1 unspecified atom stereocenters. The highest BCUT2D eigenvalue weighted by molar-refractivity contribution is 6.02. The summed E-state index contributed by atoms with van der Waals surface area (Å²) in [5.41, 5.74) is -0.972. The van der Waals surface area contributed by atoms with Gasteiger partial charge < -0.3 is 18.9 Å². The second-order valence-electron chi connectivity index (χ2n) is 6.01. The lowest BCUT2D eigenvalue weighted by Gasteiger charge is -2.11. The molecular formula is C18H13BF3N3O5. The Morgan fingerprint density at radius 2 is 2.03 bits per heavy atom. The van der Waals surface area contributed by atoms with Crippen LogP contribution in [0.3, 0.4) is 0 Å². The molecule has 0 bridgehead atoms. The van der Waals surface area contributed by atoms with Gasteiger partial charge in [-0.25, -0.2) is 14.8 Å². The van der Waals surface area contributed by atoms with E-state index in [9.17, 15) is 23.1 Å². The molecule has 0 amide bonds. The molecule has 3 rings (SSSR count). The number of nitrogens with zero attached hydrogens (tertiary/aromatic N) is 3. The van der Waals surface area contributed by atoms with Gasteiger partial charge in [0.1, 0.15) is 22.7 Å². The molecule has 30 heavy (non-hydrogen) atoms.